The van der Waals surface area contributed by atoms with Crippen LogP contribution in [-0.2, 0) is 0 Å². The Morgan fingerprint density at radius 2 is 1.91 bits per heavy atom. The van der Waals surface area contributed by atoms with Gasteiger partial charge >= 0.3 is 0 Å². The first kappa shape index (κ1) is 12.7. The van der Waals surface area contributed by atoms with Gasteiger partial charge in [-0.15, -0.1) is 10.2 Å². The van der Waals surface area contributed by atoms with E-state index in [9.17, 15) is 4.39 Å². The van der Waals surface area contributed by atoms with E-state index >= 15 is 0 Å². The first-order chi connectivity index (χ1) is 10.8. The zero-order valence-corrected chi connectivity index (χ0v) is 11.7. The van der Waals surface area contributed by atoms with Crippen LogP contribution in [0.15, 0.2) is 48.8 Å². The minimum atomic E-state index is -0.415. The Morgan fingerprint density at radius 3 is 2.77 bits per heavy atom. The van der Waals surface area contributed by atoms with E-state index in [0.717, 1.165) is 10.9 Å². The fourth-order valence-corrected chi connectivity index (χ4v) is 2.54. The van der Waals surface area contributed by atoms with Crippen molar-refractivity contribution in [2.24, 2.45) is 0 Å². The highest BCUT2D eigenvalue weighted by molar-refractivity contribution is 5.91. The highest BCUT2D eigenvalue weighted by atomic mass is 19.1. The molecule has 0 amide bonds. The second kappa shape index (κ2) is 4.77. The summed E-state index contributed by atoms with van der Waals surface area (Å²) in [6, 6.07) is 12.3. The van der Waals surface area contributed by atoms with Gasteiger partial charge in [-0.25, -0.2) is 9.37 Å². The number of rotatable bonds is 2. The maximum Gasteiger partial charge on any atom is 0.176 e. The number of halogens is 1. The summed E-state index contributed by atoms with van der Waals surface area (Å²) in [5, 5.41) is 9.19. The molecule has 2 aromatic carbocycles. The summed E-state index contributed by atoms with van der Waals surface area (Å²) >= 11 is 0. The van der Waals surface area contributed by atoms with Gasteiger partial charge in [0.05, 0.1) is 18.2 Å². The van der Waals surface area contributed by atoms with Crippen LogP contribution in [0.25, 0.3) is 27.9 Å². The molecule has 0 aliphatic heterocycles. The van der Waals surface area contributed by atoms with E-state index in [-0.39, 0.29) is 5.56 Å². The van der Waals surface area contributed by atoms with Crippen LogP contribution in [0.5, 0.6) is 5.75 Å². The van der Waals surface area contributed by atoms with Crippen LogP contribution >= 0.6 is 0 Å². The van der Waals surface area contributed by atoms with Crippen molar-refractivity contribution in [3.63, 3.8) is 0 Å². The predicted molar refractivity (Wildman–Crippen MR) is 80.2 cm³/mol. The Bertz CT molecular complexity index is 996. The van der Waals surface area contributed by atoms with Crippen molar-refractivity contribution in [3.8, 4) is 17.1 Å². The van der Waals surface area contributed by atoms with Gasteiger partial charge in [-0.1, -0.05) is 18.2 Å². The highest BCUT2D eigenvalue weighted by Crippen LogP contribution is 2.32. The van der Waals surface area contributed by atoms with Gasteiger partial charge in [-0.2, -0.15) is 0 Å². The molecule has 0 spiro atoms. The number of fused-ring (bicyclic) bond motifs is 3. The first-order valence-corrected chi connectivity index (χ1v) is 6.71. The molecular weight excluding hydrogens is 283 g/mol. The van der Waals surface area contributed by atoms with Crippen LogP contribution < -0.4 is 4.74 Å². The second-order valence-electron chi connectivity index (χ2n) is 4.80. The Kier molecular flexibility index (Phi) is 2.75. The quantitative estimate of drug-likeness (QED) is 0.570. The van der Waals surface area contributed by atoms with Crippen molar-refractivity contribution in [1.82, 2.24) is 19.6 Å². The molecule has 4 rings (SSSR count). The third-order valence-corrected chi connectivity index (χ3v) is 3.57. The third-order valence-electron chi connectivity index (χ3n) is 3.57. The lowest BCUT2D eigenvalue weighted by atomic mass is 10.1. The minimum absolute atomic E-state index is 0.273. The summed E-state index contributed by atoms with van der Waals surface area (Å²) in [7, 11) is 1.50. The summed E-state index contributed by atoms with van der Waals surface area (Å²) in [4.78, 5) is 4.37. The van der Waals surface area contributed by atoms with Crippen LogP contribution in [0.1, 0.15) is 0 Å². The molecule has 0 saturated heterocycles. The molecular formula is C16H11FN4O. The lowest BCUT2D eigenvalue weighted by molar-refractivity contribution is 0.413. The number of nitrogens with zero attached hydrogens (tertiary/aromatic N) is 4. The van der Waals surface area contributed by atoms with Crippen molar-refractivity contribution < 1.29 is 9.13 Å². The van der Waals surface area contributed by atoms with Crippen molar-refractivity contribution >= 4 is 16.6 Å². The number of hydrogen-bond acceptors (Lipinski definition) is 4. The largest absolute Gasteiger partial charge is 0.496 e. The smallest absolute Gasteiger partial charge is 0.176 e. The fraction of sp³-hybridized carbons (Fsp3) is 0.0625. The summed E-state index contributed by atoms with van der Waals surface area (Å²) < 4.78 is 21.2. The van der Waals surface area contributed by atoms with E-state index in [2.05, 4.69) is 15.2 Å². The number of benzene rings is 2. The lowest BCUT2D eigenvalue weighted by Gasteiger charge is -2.08. The Labute approximate surface area is 125 Å². The molecule has 2 aromatic heterocycles. The van der Waals surface area contributed by atoms with Gasteiger partial charge in [0, 0.05) is 5.39 Å². The molecule has 5 nitrogen and oxygen atoms in total. The molecule has 0 atom stereocenters. The van der Waals surface area contributed by atoms with Crippen LogP contribution in [0, 0.1) is 5.82 Å². The SMILES string of the molecule is COc1cccc(F)c1-c1nnc2c3ccccc3ncn12. The van der Waals surface area contributed by atoms with Gasteiger partial charge in [0.2, 0.25) is 0 Å². The average molecular weight is 294 g/mol. The fourth-order valence-electron chi connectivity index (χ4n) is 2.54. The summed E-state index contributed by atoms with van der Waals surface area (Å²) in [5.74, 6) is 0.354. The van der Waals surface area contributed by atoms with Crippen molar-refractivity contribution in [2.45, 2.75) is 0 Å². The van der Waals surface area contributed by atoms with Crippen molar-refractivity contribution in [2.75, 3.05) is 7.11 Å². The molecule has 108 valence electrons. The number of methoxy groups -OCH3 is 1. The van der Waals surface area contributed by atoms with Crippen LogP contribution in [0.2, 0.25) is 0 Å². The Morgan fingerprint density at radius 1 is 1.05 bits per heavy atom. The average Bonchev–Trinajstić information content (AvgIpc) is 2.98. The molecule has 22 heavy (non-hydrogen) atoms. The lowest BCUT2D eigenvalue weighted by Crippen LogP contribution is -1.97. The van der Waals surface area contributed by atoms with Crippen molar-refractivity contribution in [1.29, 1.82) is 0 Å². The minimum Gasteiger partial charge on any atom is -0.496 e. The molecule has 6 heteroatoms. The Balaban J connectivity index is 2.07. The molecule has 0 radical (unpaired) electrons. The first-order valence-electron chi connectivity index (χ1n) is 6.71. The molecule has 0 aliphatic carbocycles. The van der Waals surface area contributed by atoms with E-state index in [1.165, 1.54) is 13.2 Å². The highest BCUT2D eigenvalue weighted by Gasteiger charge is 2.18. The summed E-state index contributed by atoms with van der Waals surface area (Å²) in [6.45, 7) is 0. The zero-order chi connectivity index (χ0) is 15.1. The number of ether oxygens (including phenoxy) is 1. The normalized spacial score (nSPS) is 11.2. The molecule has 0 saturated carbocycles. The second-order valence-corrected chi connectivity index (χ2v) is 4.80. The molecule has 0 bridgehead atoms. The Hall–Kier alpha value is -3.02. The maximum atomic E-state index is 14.3. The molecule has 4 aromatic rings. The molecule has 0 fully saturated rings. The van der Waals surface area contributed by atoms with E-state index in [1.54, 1.807) is 22.9 Å². The van der Waals surface area contributed by atoms with E-state index < -0.39 is 5.82 Å². The van der Waals surface area contributed by atoms with E-state index in [4.69, 9.17) is 4.74 Å². The number of para-hydroxylation sites is 1. The van der Waals surface area contributed by atoms with Crippen molar-refractivity contribution in [3.05, 3.63) is 54.6 Å². The number of hydrogen-bond donors (Lipinski definition) is 0. The molecule has 0 aliphatic rings. The maximum absolute atomic E-state index is 14.3. The van der Waals surface area contributed by atoms with Gasteiger partial charge in [-0.3, -0.25) is 4.40 Å². The molecule has 2 heterocycles. The van der Waals surface area contributed by atoms with E-state index in [1.807, 2.05) is 24.3 Å². The van der Waals surface area contributed by atoms with Gasteiger partial charge in [-0.05, 0) is 24.3 Å². The number of aromatic nitrogens is 4. The zero-order valence-electron chi connectivity index (χ0n) is 11.7. The topological polar surface area (TPSA) is 52.3 Å². The van der Waals surface area contributed by atoms with Crippen LogP contribution in [0.4, 0.5) is 4.39 Å². The molecule has 0 N–H and O–H groups in total. The van der Waals surface area contributed by atoms with E-state index in [0.29, 0.717) is 17.2 Å². The monoisotopic (exact) mass is 294 g/mol. The summed E-state index contributed by atoms with van der Waals surface area (Å²) in [6.07, 6.45) is 1.60. The standard InChI is InChI=1S/C16H11FN4O/c1-22-13-8-4-6-11(17)14(13)16-20-19-15-10-5-2-3-7-12(10)18-9-21(15)16/h2-9H,1H3. The van der Waals surface area contributed by atoms with Gasteiger partial charge < -0.3 is 4.74 Å². The van der Waals surface area contributed by atoms with Gasteiger partial charge in [0.25, 0.3) is 0 Å². The third kappa shape index (κ3) is 1.74. The molecule has 0 unspecified atom stereocenters. The van der Waals surface area contributed by atoms with Gasteiger partial charge in [0.15, 0.2) is 11.5 Å². The van der Waals surface area contributed by atoms with Crippen LogP contribution in [0.3, 0.4) is 0 Å². The summed E-state index contributed by atoms with van der Waals surface area (Å²) in [5.41, 5.74) is 1.72. The predicted octanol–water partition coefficient (Wildman–Crippen LogP) is 3.09. The van der Waals surface area contributed by atoms with Gasteiger partial charge in [0.1, 0.15) is 17.9 Å². The van der Waals surface area contributed by atoms with Crippen LogP contribution in [-0.4, -0.2) is 26.7 Å².